The molecule has 0 N–H and O–H groups in total. The molecule has 2 aromatic rings. The summed E-state index contributed by atoms with van der Waals surface area (Å²) in [6, 6.07) is 15.7. The van der Waals surface area contributed by atoms with E-state index in [0.29, 0.717) is 11.1 Å². The third-order valence-corrected chi connectivity index (χ3v) is 5.43. The van der Waals surface area contributed by atoms with Crippen molar-refractivity contribution >= 4 is 23.1 Å². The SMILES string of the molecule is CC(=O)c1ccc(C#N)c(N2CCN(C(C)c3ccccc3Cl)CC2)c1. The van der Waals surface area contributed by atoms with Crippen molar-refractivity contribution in [2.24, 2.45) is 0 Å². The van der Waals surface area contributed by atoms with Crippen LogP contribution in [0.15, 0.2) is 42.5 Å². The van der Waals surface area contributed by atoms with Gasteiger partial charge in [0.25, 0.3) is 0 Å². The minimum absolute atomic E-state index is 0.0155. The molecule has 4 nitrogen and oxygen atoms in total. The number of piperazine rings is 1. The number of carbonyl (C=O) groups is 1. The lowest BCUT2D eigenvalue weighted by Crippen LogP contribution is -2.47. The van der Waals surface area contributed by atoms with Crippen LogP contribution in [0, 0.1) is 11.3 Å². The van der Waals surface area contributed by atoms with Gasteiger partial charge < -0.3 is 4.90 Å². The van der Waals surface area contributed by atoms with Gasteiger partial charge in [-0.05, 0) is 43.7 Å². The highest BCUT2D eigenvalue weighted by atomic mass is 35.5. The third kappa shape index (κ3) is 3.75. The van der Waals surface area contributed by atoms with Crippen molar-refractivity contribution < 1.29 is 4.79 Å². The molecule has 1 aliphatic heterocycles. The molecular formula is C21H22ClN3O. The maximum atomic E-state index is 11.7. The standard InChI is InChI=1S/C21H22ClN3O/c1-15(19-5-3-4-6-20(19)22)24-9-11-25(12-10-24)21-13-17(16(2)26)7-8-18(21)14-23/h3-8,13,15H,9-12H2,1-2H3. The number of Topliss-reactive ketones (excluding diaryl/α,β-unsaturated/α-hetero) is 1. The fourth-order valence-electron chi connectivity index (χ4n) is 3.47. The molecule has 1 saturated heterocycles. The van der Waals surface area contributed by atoms with E-state index < -0.39 is 0 Å². The summed E-state index contributed by atoms with van der Waals surface area (Å²) in [6.45, 7) is 7.10. The van der Waals surface area contributed by atoms with Crippen LogP contribution < -0.4 is 4.90 Å². The second kappa shape index (κ2) is 7.90. The van der Waals surface area contributed by atoms with Gasteiger partial charge in [-0.15, -0.1) is 0 Å². The van der Waals surface area contributed by atoms with Crippen LogP contribution in [-0.4, -0.2) is 36.9 Å². The van der Waals surface area contributed by atoms with Crippen LogP contribution >= 0.6 is 11.6 Å². The molecule has 1 heterocycles. The van der Waals surface area contributed by atoms with E-state index in [1.54, 1.807) is 19.1 Å². The summed E-state index contributed by atoms with van der Waals surface area (Å²) in [5.41, 5.74) is 3.25. The summed E-state index contributed by atoms with van der Waals surface area (Å²) in [5.74, 6) is 0.0155. The maximum absolute atomic E-state index is 11.7. The monoisotopic (exact) mass is 367 g/mol. The highest BCUT2D eigenvalue weighted by Crippen LogP contribution is 2.29. The van der Waals surface area contributed by atoms with E-state index in [1.165, 1.54) is 0 Å². The first-order valence-corrected chi connectivity index (χ1v) is 9.17. The van der Waals surface area contributed by atoms with Crippen molar-refractivity contribution in [1.29, 1.82) is 5.26 Å². The number of rotatable bonds is 4. The second-order valence-electron chi connectivity index (χ2n) is 6.62. The number of halogens is 1. The molecule has 0 aromatic heterocycles. The van der Waals surface area contributed by atoms with Crippen LogP contribution in [0.4, 0.5) is 5.69 Å². The zero-order chi connectivity index (χ0) is 18.7. The topological polar surface area (TPSA) is 47.3 Å². The van der Waals surface area contributed by atoms with Gasteiger partial charge in [-0.1, -0.05) is 29.8 Å². The molecule has 1 aliphatic rings. The van der Waals surface area contributed by atoms with Crippen LogP contribution in [0.1, 0.15) is 41.4 Å². The van der Waals surface area contributed by atoms with Gasteiger partial charge in [0, 0.05) is 42.8 Å². The minimum Gasteiger partial charge on any atom is -0.368 e. The summed E-state index contributed by atoms with van der Waals surface area (Å²) in [4.78, 5) is 16.3. The first-order valence-electron chi connectivity index (χ1n) is 8.79. The number of nitriles is 1. The smallest absolute Gasteiger partial charge is 0.159 e. The van der Waals surface area contributed by atoms with Crippen molar-refractivity contribution in [2.45, 2.75) is 19.9 Å². The molecule has 0 amide bonds. The largest absolute Gasteiger partial charge is 0.368 e. The van der Waals surface area contributed by atoms with Crippen LogP contribution in [0.25, 0.3) is 0 Å². The summed E-state index contributed by atoms with van der Waals surface area (Å²) in [5, 5.41) is 10.2. The predicted molar refractivity (Wildman–Crippen MR) is 105 cm³/mol. The van der Waals surface area contributed by atoms with Gasteiger partial charge in [0.05, 0.1) is 11.3 Å². The lowest BCUT2D eigenvalue weighted by molar-refractivity contribution is 0.101. The summed E-state index contributed by atoms with van der Waals surface area (Å²) < 4.78 is 0. The Bertz CT molecular complexity index is 851. The number of anilines is 1. The van der Waals surface area contributed by atoms with E-state index in [0.717, 1.165) is 42.5 Å². The van der Waals surface area contributed by atoms with Crippen LogP contribution in [0.2, 0.25) is 5.02 Å². The van der Waals surface area contributed by atoms with Crippen LogP contribution in [0.5, 0.6) is 0 Å². The third-order valence-electron chi connectivity index (χ3n) is 5.08. The van der Waals surface area contributed by atoms with E-state index in [2.05, 4.69) is 28.9 Å². The van der Waals surface area contributed by atoms with Crippen molar-refractivity contribution in [2.75, 3.05) is 31.1 Å². The van der Waals surface area contributed by atoms with E-state index in [-0.39, 0.29) is 11.8 Å². The highest BCUT2D eigenvalue weighted by Gasteiger charge is 2.24. The second-order valence-corrected chi connectivity index (χ2v) is 7.03. The number of ketones is 1. The molecule has 1 unspecified atom stereocenters. The first kappa shape index (κ1) is 18.4. The van der Waals surface area contributed by atoms with Crippen molar-refractivity contribution in [1.82, 2.24) is 4.90 Å². The van der Waals surface area contributed by atoms with Crippen molar-refractivity contribution in [3.8, 4) is 6.07 Å². The fraction of sp³-hybridized carbons (Fsp3) is 0.333. The Morgan fingerprint density at radius 2 is 1.85 bits per heavy atom. The normalized spacial score (nSPS) is 16.2. The Labute approximate surface area is 159 Å². The Morgan fingerprint density at radius 3 is 2.46 bits per heavy atom. The Kier molecular flexibility index (Phi) is 5.61. The molecule has 1 fully saturated rings. The number of carbonyl (C=O) groups excluding carboxylic acids is 1. The maximum Gasteiger partial charge on any atom is 0.159 e. The molecule has 134 valence electrons. The lowest BCUT2D eigenvalue weighted by Gasteiger charge is -2.39. The molecule has 0 aliphatic carbocycles. The zero-order valence-electron chi connectivity index (χ0n) is 15.1. The van der Waals surface area contributed by atoms with Crippen LogP contribution in [0.3, 0.4) is 0 Å². The molecule has 5 heteroatoms. The van der Waals surface area contributed by atoms with E-state index in [9.17, 15) is 10.1 Å². The van der Waals surface area contributed by atoms with Gasteiger partial charge in [0.2, 0.25) is 0 Å². The number of benzene rings is 2. The molecule has 0 bridgehead atoms. The first-order chi connectivity index (χ1) is 12.5. The molecule has 0 saturated carbocycles. The summed E-state index contributed by atoms with van der Waals surface area (Å²) >= 11 is 6.34. The van der Waals surface area contributed by atoms with Crippen molar-refractivity contribution in [3.63, 3.8) is 0 Å². The highest BCUT2D eigenvalue weighted by molar-refractivity contribution is 6.31. The van der Waals surface area contributed by atoms with Gasteiger partial charge >= 0.3 is 0 Å². The van der Waals surface area contributed by atoms with Gasteiger partial charge in [-0.3, -0.25) is 9.69 Å². The number of hydrogen-bond acceptors (Lipinski definition) is 4. The molecule has 3 rings (SSSR count). The fourth-order valence-corrected chi connectivity index (χ4v) is 3.76. The zero-order valence-corrected chi connectivity index (χ0v) is 15.8. The Balaban J connectivity index is 1.75. The van der Waals surface area contributed by atoms with E-state index in [4.69, 9.17) is 11.6 Å². The molecule has 0 spiro atoms. The predicted octanol–water partition coefficient (Wildman–Crippen LogP) is 4.30. The summed E-state index contributed by atoms with van der Waals surface area (Å²) in [6.07, 6.45) is 0. The van der Waals surface area contributed by atoms with Crippen molar-refractivity contribution in [3.05, 3.63) is 64.2 Å². The molecular weight excluding hydrogens is 346 g/mol. The minimum atomic E-state index is 0.0155. The molecule has 26 heavy (non-hydrogen) atoms. The molecule has 1 atom stereocenters. The van der Waals surface area contributed by atoms with Gasteiger partial charge in [0.1, 0.15) is 6.07 Å². The van der Waals surface area contributed by atoms with Crippen LogP contribution in [-0.2, 0) is 0 Å². The number of nitrogens with zero attached hydrogens (tertiary/aromatic N) is 3. The van der Waals surface area contributed by atoms with E-state index in [1.807, 2.05) is 24.3 Å². The van der Waals surface area contributed by atoms with Gasteiger partial charge in [-0.25, -0.2) is 0 Å². The average Bonchev–Trinajstić information content (AvgIpc) is 2.67. The Hall–Kier alpha value is -2.35. The quantitative estimate of drug-likeness (QED) is 0.756. The Morgan fingerprint density at radius 1 is 1.15 bits per heavy atom. The van der Waals surface area contributed by atoms with E-state index >= 15 is 0 Å². The van der Waals surface area contributed by atoms with Gasteiger partial charge in [-0.2, -0.15) is 5.26 Å². The molecule has 2 aromatic carbocycles. The summed E-state index contributed by atoms with van der Waals surface area (Å²) in [7, 11) is 0. The number of hydrogen-bond donors (Lipinski definition) is 0. The molecule has 0 radical (unpaired) electrons. The average molecular weight is 368 g/mol. The lowest BCUT2D eigenvalue weighted by atomic mass is 10.0. The van der Waals surface area contributed by atoms with Gasteiger partial charge in [0.15, 0.2) is 5.78 Å².